The molecule has 0 radical (unpaired) electrons. The summed E-state index contributed by atoms with van der Waals surface area (Å²) in [5.41, 5.74) is 2.13. The Morgan fingerprint density at radius 3 is 1.81 bits per heavy atom. The van der Waals surface area contributed by atoms with E-state index in [1.165, 1.54) is 41.7 Å². The van der Waals surface area contributed by atoms with Crippen molar-refractivity contribution >= 4 is 11.3 Å². The third-order valence-electron chi connectivity index (χ3n) is 8.46. The average Bonchev–Trinajstić information content (AvgIpc) is 3.24. The summed E-state index contributed by atoms with van der Waals surface area (Å²) in [7, 11) is 0. The van der Waals surface area contributed by atoms with Crippen molar-refractivity contribution in [1.82, 2.24) is 0 Å². The number of thiophene rings is 1. The Balaban J connectivity index is 1.98. The van der Waals surface area contributed by atoms with Crippen LogP contribution in [-0.4, -0.2) is 38.6 Å². The van der Waals surface area contributed by atoms with Gasteiger partial charge in [0.15, 0.2) is 11.5 Å². The SMILES string of the molecule is CCCCC(CC)OCC1(COC(CC)CCCC)COc2c(-c3cccc(C(C)(C)C)c3)sc(C(C)(C)C)c2OC1. The molecule has 2 aromatic rings. The zero-order valence-corrected chi connectivity index (χ0v) is 29.3. The van der Waals surface area contributed by atoms with E-state index < -0.39 is 0 Å². The molecule has 0 fully saturated rings. The Bertz CT molecular complexity index is 1070. The molecular formula is C37H60O4S. The average molecular weight is 601 g/mol. The third kappa shape index (κ3) is 9.22. The zero-order valence-electron chi connectivity index (χ0n) is 28.5. The van der Waals surface area contributed by atoms with E-state index in [0.29, 0.717) is 26.4 Å². The van der Waals surface area contributed by atoms with Crippen LogP contribution < -0.4 is 9.47 Å². The van der Waals surface area contributed by atoms with E-state index in [1.54, 1.807) is 0 Å². The van der Waals surface area contributed by atoms with Crippen LogP contribution in [0.25, 0.3) is 10.4 Å². The number of fused-ring (bicyclic) bond motifs is 1. The minimum atomic E-state index is -0.379. The monoisotopic (exact) mass is 600 g/mol. The Morgan fingerprint density at radius 1 is 0.786 bits per heavy atom. The molecule has 5 heteroatoms. The highest BCUT2D eigenvalue weighted by Gasteiger charge is 2.41. The molecule has 0 amide bonds. The summed E-state index contributed by atoms with van der Waals surface area (Å²) in [5, 5.41) is 0. The third-order valence-corrected chi connectivity index (χ3v) is 10.1. The van der Waals surface area contributed by atoms with Crippen LogP contribution in [0.4, 0.5) is 0 Å². The normalized spacial score (nSPS) is 19.0. The van der Waals surface area contributed by atoms with E-state index >= 15 is 0 Å². The van der Waals surface area contributed by atoms with Crippen LogP contribution in [0.2, 0.25) is 0 Å². The smallest absolute Gasteiger partial charge is 0.180 e. The summed E-state index contributed by atoms with van der Waals surface area (Å²) in [5.74, 6) is 1.79. The molecule has 0 bridgehead atoms. The highest BCUT2D eigenvalue weighted by Crippen LogP contribution is 2.54. The van der Waals surface area contributed by atoms with Crippen LogP contribution in [-0.2, 0) is 20.3 Å². The van der Waals surface area contributed by atoms with Crippen molar-refractivity contribution in [2.75, 3.05) is 26.4 Å². The molecule has 1 aliphatic heterocycles. The molecule has 1 aromatic carbocycles. The van der Waals surface area contributed by atoms with Gasteiger partial charge in [0.25, 0.3) is 0 Å². The predicted molar refractivity (Wildman–Crippen MR) is 180 cm³/mol. The van der Waals surface area contributed by atoms with Gasteiger partial charge >= 0.3 is 0 Å². The number of rotatable bonds is 15. The minimum absolute atomic E-state index is 0.0689. The van der Waals surface area contributed by atoms with Crippen LogP contribution in [0, 0.1) is 5.41 Å². The topological polar surface area (TPSA) is 36.9 Å². The Labute approximate surface area is 261 Å². The molecule has 2 unspecified atom stereocenters. The van der Waals surface area contributed by atoms with Gasteiger partial charge in [-0.25, -0.2) is 0 Å². The number of unbranched alkanes of at least 4 members (excludes halogenated alkanes) is 2. The second-order valence-corrected chi connectivity index (χ2v) is 15.6. The Hall–Kier alpha value is -1.56. The maximum absolute atomic E-state index is 6.87. The van der Waals surface area contributed by atoms with Gasteiger partial charge in [0.2, 0.25) is 0 Å². The molecule has 0 saturated heterocycles. The molecule has 238 valence electrons. The molecule has 0 N–H and O–H groups in total. The maximum atomic E-state index is 6.87. The first-order valence-electron chi connectivity index (χ1n) is 16.6. The molecule has 1 aliphatic rings. The van der Waals surface area contributed by atoms with Crippen LogP contribution in [0.1, 0.15) is 131 Å². The highest BCUT2D eigenvalue weighted by atomic mass is 32.1. The van der Waals surface area contributed by atoms with Gasteiger partial charge in [-0.1, -0.05) is 113 Å². The zero-order chi connectivity index (χ0) is 31.0. The number of ether oxygens (including phenoxy) is 4. The standard InChI is InChI=1S/C37H60O4S/c1-11-15-20-29(13-3)38-23-37(24-39-30(14-4)21-16-12-2)25-40-31-32(41-26-37)34(36(8,9)10)42-33(31)27-18-17-19-28(22-27)35(5,6)7/h17-19,22,29-30H,11-16,20-21,23-26H2,1-10H3. The van der Waals surface area contributed by atoms with Gasteiger partial charge in [0.05, 0.1) is 40.6 Å². The van der Waals surface area contributed by atoms with Gasteiger partial charge in [-0.3, -0.25) is 0 Å². The summed E-state index contributed by atoms with van der Waals surface area (Å²) in [6.45, 7) is 24.7. The summed E-state index contributed by atoms with van der Waals surface area (Å²) in [4.78, 5) is 2.39. The lowest BCUT2D eigenvalue weighted by Crippen LogP contribution is -2.44. The number of hydrogen-bond acceptors (Lipinski definition) is 5. The fraction of sp³-hybridized carbons (Fsp3) is 0.730. The molecule has 42 heavy (non-hydrogen) atoms. The first-order chi connectivity index (χ1) is 19.9. The molecule has 2 atom stereocenters. The van der Waals surface area contributed by atoms with E-state index in [9.17, 15) is 0 Å². The van der Waals surface area contributed by atoms with E-state index in [0.717, 1.165) is 42.1 Å². The van der Waals surface area contributed by atoms with Gasteiger partial charge in [0, 0.05) is 5.41 Å². The molecule has 4 nitrogen and oxygen atoms in total. The van der Waals surface area contributed by atoms with Crippen molar-refractivity contribution in [2.24, 2.45) is 5.41 Å². The second-order valence-electron chi connectivity index (χ2n) is 14.5. The maximum Gasteiger partial charge on any atom is 0.180 e. The molecule has 3 rings (SSSR count). The van der Waals surface area contributed by atoms with E-state index in [-0.39, 0.29) is 28.5 Å². The number of benzene rings is 1. The first kappa shape index (κ1) is 34.9. The molecule has 1 aromatic heterocycles. The lowest BCUT2D eigenvalue weighted by molar-refractivity contribution is -0.0992. The lowest BCUT2D eigenvalue weighted by atomic mass is 9.86. The Morgan fingerprint density at radius 2 is 1.33 bits per heavy atom. The molecular weight excluding hydrogens is 540 g/mol. The lowest BCUT2D eigenvalue weighted by Gasteiger charge is -2.34. The summed E-state index contributed by atoms with van der Waals surface area (Å²) in [6, 6.07) is 8.93. The van der Waals surface area contributed by atoms with Crippen molar-refractivity contribution in [2.45, 2.75) is 144 Å². The van der Waals surface area contributed by atoms with Crippen LogP contribution in [0.5, 0.6) is 11.5 Å². The van der Waals surface area contributed by atoms with Crippen LogP contribution in [0.15, 0.2) is 24.3 Å². The van der Waals surface area contributed by atoms with Gasteiger partial charge in [0.1, 0.15) is 13.2 Å². The summed E-state index contributed by atoms with van der Waals surface area (Å²) < 4.78 is 27.0. The van der Waals surface area contributed by atoms with Gasteiger partial charge < -0.3 is 18.9 Å². The fourth-order valence-corrected chi connectivity index (χ4v) is 6.68. The fourth-order valence-electron chi connectivity index (χ4n) is 5.44. The van der Waals surface area contributed by atoms with Crippen molar-refractivity contribution in [1.29, 1.82) is 0 Å². The van der Waals surface area contributed by atoms with Crippen molar-refractivity contribution in [3.8, 4) is 21.9 Å². The van der Waals surface area contributed by atoms with Crippen molar-refractivity contribution < 1.29 is 18.9 Å². The van der Waals surface area contributed by atoms with Gasteiger partial charge in [-0.05, 0) is 48.3 Å². The van der Waals surface area contributed by atoms with E-state index in [2.05, 4.69) is 93.5 Å². The van der Waals surface area contributed by atoms with Gasteiger partial charge in [-0.15, -0.1) is 11.3 Å². The van der Waals surface area contributed by atoms with Gasteiger partial charge in [-0.2, -0.15) is 0 Å². The molecule has 0 saturated carbocycles. The van der Waals surface area contributed by atoms with Crippen molar-refractivity contribution in [3.05, 3.63) is 34.7 Å². The molecule has 2 heterocycles. The summed E-state index contributed by atoms with van der Waals surface area (Å²) >= 11 is 1.81. The van der Waals surface area contributed by atoms with Crippen LogP contribution in [0.3, 0.4) is 0 Å². The second kappa shape index (κ2) is 15.4. The number of hydrogen-bond donors (Lipinski definition) is 0. The molecule has 0 spiro atoms. The van der Waals surface area contributed by atoms with Crippen molar-refractivity contribution in [3.63, 3.8) is 0 Å². The predicted octanol–water partition coefficient (Wildman–Crippen LogP) is 10.7. The van der Waals surface area contributed by atoms with E-state index in [1.807, 2.05) is 11.3 Å². The first-order valence-corrected chi connectivity index (χ1v) is 17.5. The van der Waals surface area contributed by atoms with Crippen LogP contribution >= 0.6 is 11.3 Å². The minimum Gasteiger partial charge on any atom is -0.488 e. The Kier molecular flexibility index (Phi) is 12.8. The largest absolute Gasteiger partial charge is 0.488 e. The quantitative estimate of drug-likeness (QED) is 0.204. The van der Waals surface area contributed by atoms with E-state index in [4.69, 9.17) is 18.9 Å². The molecule has 0 aliphatic carbocycles. The summed E-state index contributed by atoms with van der Waals surface area (Å²) in [6.07, 6.45) is 9.46. The highest BCUT2D eigenvalue weighted by molar-refractivity contribution is 7.16.